The molecular formula is C31H27F3N6O6S. The van der Waals surface area contributed by atoms with E-state index in [1.807, 2.05) is 39.0 Å². The zero-order valence-corrected chi connectivity index (χ0v) is 26.0. The standard InChI is InChI=1S/C31H27F3N6O6S/c1-18(2)24-13-4-19(3)14-25(24)40-26(41)16-47-28(40)36-29(42)46-39(30(43)44)15-20-5-7-21(8-6-20)27-35-17-38(37-27)22-9-11-23(12-10-22)45-31(32,33)34/h4-14,17-18H,15-16H2,1-3H3,(H,43,44)/b36-28-. The first-order valence-electron chi connectivity index (χ1n) is 14.0. The molecule has 1 aromatic heterocycles. The number of amides is 3. The van der Waals surface area contributed by atoms with Crippen molar-refractivity contribution in [3.8, 4) is 22.8 Å². The zero-order chi connectivity index (χ0) is 33.9. The molecule has 1 saturated heterocycles. The number of hydroxylamine groups is 2. The van der Waals surface area contributed by atoms with Gasteiger partial charge in [0.25, 0.3) is 0 Å². The maximum atomic E-state index is 12.8. The number of anilines is 1. The van der Waals surface area contributed by atoms with Crippen molar-refractivity contribution in [1.82, 2.24) is 19.8 Å². The molecule has 12 nitrogen and oxygen atoms in total. The van der Waals surface area contributed by atoms with E-state index in [1.165, 1.54) is 28.0 Å². The van der Waals surface area contributed by atoms with Crippen LogP contribution in [-0.4, -0.2) is 60.3 Å². The Morgan fingerprint density at radius 3 is 2.43 bits per heavy atom. The second-order valence-electron chi connectivity index (χ2n) is 10.6. The smallest absolute Gasteiger partial charge is 0.463 e. The van der Waals surface area contributed by atoms with E-state index >= 15 is 0 Å². The summed E-state index contributed by atoms with van der Waals surface area (Å²) in [5.41, 5.74) is 3.87. The summed E-state index contributed by atoms with van der Waals surface area (Å²) in [4.78, 5) is 52.1. The second kappa shape index (κ2) is 13.5. The van der Waals surface area contributed by atoms with Crippen LogP contribution in [0.4, 0.5) is 28.4 Å². The fourth-order valence-corrected chi connectivity index (χ4v) is 5.44. The molecule has 4 aromatic rings. The average Bonchev–Trinajstić information content (AvgIpc) is 3.63. The number of carbonyl (C=O) groups excluding carboxylic acids is 2. The van der Waals surface area contributed by atoms with Crippen LogP contribution in [0.3, 0.4) is 0 Å². The lowest BCUT2D eigenvalue weighted by atomic mass is 9.99. The van der Waals surface area contributed by atoms with Crippen molar-refractivity contribution in [2.75, 3.05) is 10.7 Å². The summed E-state index contributed by atoms with van der Waals surface area (Å²) in [6, 6.07) is 17.2. The molecule has 1 aliphatic rings. The van der Waals surface area contributed by atoms with Crippen LogP contribution in [0.5, 0.6) is 5.75 Å². The highest BCUT2D eigenvalue weighted by Crippen LogP contribution is 2.34. The van der Waals surface area contributed by atoms with Crippen molar-refractivity contribution in [2.24, 2.45) is 4.99 Å². The molecule has 0 bridgehead atoms. The summed E-state index contributed by atoms with van der Waals surface area (Å²) in [6.45, 7) is 5.52. The van der Waals surface area contributed by atoms with Gasteiger partial charge in [0, 0.05) is 5.56 Å². The highest BCUT2D eigenvalue weighted by atomic mass is 32.2. The zero-order valence-electron chi connectivity index (χ0n) is 25.1. The number of halogens is 3. The van der Waals surface area contributed by atoms with Gasteiger partial charge in [0.2, 0.25) is 5.91 Å². The Hall–Kier alpha value is -5.38. The van der Waals surface area contributed by atoms with Gasteiger partial charge in [-0.25, -0.2) is 19.3 Å². The van der Waals surface area contributed by atoms with Gasteiger partial charge in [0.1, 0.15) is 12.1 Å². The lowest BCUT2D eigenvalue weighted by Crippen LogP contribution is -2.33. The van der Waals surface area contributed by atoms with Crippen LogP contribution in [0.2, 0.25) is 0 Å². The minimum Gasteiger partial charge on any atom is -0.463 e. The number of aliphatic imine (C=N–C) groups is 1. The number of carboxylic acid groups (broad SMARTS) is 1. The van der Waals surface area contributed by atoms with Gasteiger partial charge in [0.15, 0.2) is 11.0 Å². The summed E-state index contributed by atoms with van der Waals surface area (Å²) in [5.74, 6) is -0.199. The number of nitrogens with zero attached hydrogens (tertiary/aromatic N) is 6. The average molecular weight is 669 g/mol. The van der Waals surface area contributed by atoms with Crippen LogP contribution < -0.4 is 9.64 Å². The molecule has 0 unspecified atom stereocenters. The number of carbonyl (C=O) groups is 3. The molecule has 3 amide bonds. The number of ether oxygens (including phenoxy) is 1. The summed E-state index contributed by atoms with van der Waals surface area (Å²) in [6.07, 6.45) is -6.17. The van der Waals surface area contributed by atoms with Crippen molar-refractivity contribution in [1.29, 1.82) is 0 Å². The molecule has 5 rings (SSSR count). The number of benzene rings is 3. The van der Waals surface area contributed by atoms with E-state index < -0.39 is 18.5 Å². The van der Waals surface area contributed by atoms with Crippen molar-refractivity contribution >= 4 is 40.7 Å². The van der Waals surface area contributed by atoms with Gasteiger partial charge in [-0.3, -0.25) is 9.69 Å². The number of thioether (sulfide) groups is 1. The molecule has 0 atom stereocenters. The monoisotopic (exact) mass is 668 g/mol. The van der Waals surface area contributed by atoms with Crippen molar-refractivity contribution in [2.45, 2.75) is 39.6 Å². The number of hydrogen-bond acceptors (Lipinski definition) is 8. The van der Waals surface area contributed by atoms with Gasteiger partial charge in [0.05, 0.1) is 23.7 Å². The van der Waals surface area contributed by atoms with Crippen LogP contribution in [0.25, 0.3) is 17.1 Å². The number of alkyl halides is 3. The van der Waals surface area contributed by atoms with Crippen LogP contribution in [0.15, 0.2) is 78.0 Å². The van der Waals surface area contributed by atoms with E-state index in [9.17, 15) is 32.7 Å². The van der Waals surface area contributed by atoms with Gasteiger partial charge in [-0.2, -0.15) is 0 Å². The first kappa shape index (κ1) is 33.0. The van der Waals surface area contributed by atoms with Gasteiger partial charge in [-0.1, -0.05) is 62.0 Å². The molecule has 0 saturated carbocycles. The summed E-state index contributed by atoms with van der Waals surface area (Å²) >= 11 is 1.05. The summed E-state index contributed by atoms with van der Waals surface area (Å²) < 4.78 is 42.5. The van der Waals surface area contributed by atoms with Crippen molar-refractivity contribution in [3.63, 3.8) is 0 Å². The van der Waals surface area contributed by atoms with E-state index in [-0.39, 0.29) is 35.0 Å². The van der Waals surface area contributed by atoms with Crippen molar-refractivity contribution in [3.05, 3.63) is 89.7 Å². The highest BCUT2D eigenvalue weighted by Gasteiger charge is 2.33. The van der Waals surface area contributed by atoms with E-state index in [0.717, 1.165) is 35.0 Å². The van der Waals surface area contributed by atoms with Crippen molar-refractivity contribution < 1.29 is 42.2 Å². The van der Waals surface area contributed by atoms with Crippen LogP contribution in [0.1, 0.15) is 36.5 Å². The molecule has 1 fully saturated rings. The number of amidine groups is 1. The molecule has 3 aromatic carbocycles. The molecule has 0 radical (unpaired) electrons. The fraction of sp³-hybridized carbons (Fsp3) is 0.226. The van der Waals surface area contributed by atoms with Gasteiger partial charge in [-0.05, 0) is 59.9 Å². The molecule has 0 spiro atoms. The lowest BCUT2D eigenvalue weighted by molar-refractivity contribution is -0.274. The fourth-order valence-electron chi connectivity index (χ4n) is 4.59. The molecule has 1 aliphatic heterocycles. The molecule has 244 valence electrons. The first-order chi connectivity index (χ1) is 22.3. The summed E-state index contributed by atoms with van der Waals surface area (Å²) in [5, 5.41) is 14.6. The number of aryl methyl sites for hydroxylation is 1. The van der Waals surface area contributed by atoms with Gasteiger partial charge < -0.3 is 14.7 Å². The molecule has 16 heteroatoms. The predicted octanol–water partition coefficient (Wildman–Crippen LogP) is 6.93. The Bertz CT molecular complexity index is 1830. The lowest BCUT2D eigenvalue weighted by Gasteiger charge is -2.22. The molecule has 47 heavy (non-hydrogen) atoms. The Labute approximate surface area is 270 Å². The minimum absolute atomic E-state index is 0.0584. The highest BCUT2D eigenvalue weighted by molar-refractivity contribution is 8.15. The first-order valence-corrected chi connectivity index (χ1v) is 15.0. The molecule has 1 N–H and O–H groups in total. The quantitative estimate of drug-likeness (QED) is 0.208. The number of rotatable bonds is 7. The Balaban J connectivity index is 1.26. The molecule has 0 aliphatic carbocycles. The normalized spacial score (nSPS) is 14.1. The largest absolute Gasteiger partial charge is 0.573 e. The van der Waals surface area contributed by atoms with E-state index in [2.05, 4.69) is 19.8 Å². The predicted molar refractivity (Wildman–Crippen MR) is 166 cm³/mol. The number of aromatic nitrogens is 3. The SMILES string of the molecule is Cc1ccc(C(C)C)c(N2C(=O)CS/C2=N\C(=O)ON(Cc2ccc(-c3ncn(-c4ccc(OC(F)(F)F)cc4)n3)cc2)C(=O)O)c1. The maximum absolute atomic E-state index is 12.8. The van der Waals surface area contributed by atoms with Crippen LogP contribution >= 0.6 is 11.8 Å². The third kappa shape index (κ3) is 8.07. The Kier molecular flexibility index (Phi) is 9.51. The number of hydrogen-bond donors (Lipinski definition) is 1. The third-order valence-corrected chi connectivity index (χ3v) is 7.69. The molecule has 2 heterocycles. The van der Waals surface area contributed by atoms with E-state index in [1.54, 1.807) is 24.3 Å². The second-order valence-corrected chi connectivity index (χ2v) is 11.5. The van der Waals surface area contributed by atoms with Gasteiger partial charge in [-0.15, -0.1) is 28.3 Å². The van der Waals surface area contributed by atoms with Crippen LogP contribution in [-0.2, 0) is 16.2 Å². The maximum Gasteiger partial charge on any atom is 0.573 e. The summed E-state index contributed by atoms with van der Waals surface area (Å²) in [7, 11) is 0. The molecular weight excluding hydrogens is 641 g/mol. The van der Waals surface area contributed by atoms with Crippen LogP contribution in [0, 0.1) is 6.92 Å². The topological polar surface area (TPSA) is 139 Å². The third-order valence-electron chi connectivity index (χ3n) is 6.77. The Morgan fingerprint density at radius 1 is 1.09 bits per heavy atom. The van der Waals surface area contributed by atoms with E-state index in [4.69, 9.17) is 4.84 Å². The minimum atomic E-state index is -4.80. The van der Waals surface area contributed by atoms with E-state index in [0.29, 0.717) is 33.4 Å². The Morgan fingerprint density at radius 2 is 1.79 bits per heavy atom. The van der Waals surface area contributed by atoms with Gasteiger partial charge >= 0.3 is 18.5 Å².